The smallest absolute Gasteiger partial charge is 0.325 e. The van der Waals surface area contributed by atoms with Crippen LogP contribution in [0.25, 0.3) is 0 Å². The molecule has 1 saturated heterocycles. The lowest BCUT2D eigenvalue weighted by atomic mass is 9.95. The molecule has 4 N–H and O–H groups in total. The standard InChI is InChI=1S/C21H26N4O2.ClH/c1-14-7-6-10-19(15(14)2)23-21(27)24-20(26)13-25-11-17(18(22)12-25)16-8-4-3-5-9-16;/h3-10,17-18H,11-13,22H2,1-2H3,(H2,23,24,26,27);1H/t17-,18+;/m0./s1. The largest absolute Gasteiger partial charge is 0.326 e. The maximum absolute atomic E-state index is 12.2. The van der Waals surface area contributed by atoms with Crippen molar-refractivity contribution in [2.24, 2.45) is 5.73 Å². The molecule has 0 bridgehead atoms. The molecule has 0 unspecified atom stereocenters. The Labute approximate surface area is 171 Å². The number of hydrogen-bond acceptors (Lipinski definition) is 4. The third kappa shape index (κ3) is 5.32. The summed E-state index contributed by atoms with van der Waals surface area (Å²) in [4.78, 5) is 26.4. The first-order valence-corrected chi connectivity index (χ1v) is 9.14. The Kier molecular flexibility index (Phi) is 7.57. The van der Waals surface area contributed by atoms with Gasteiger partial charge in [0, 0.05) is 30.7 Å². The maximum Gasteiger partial charge on any atom is 0.325 e. The van der Waals surface area contributed by atoms with Crippen LogP contribution in [0, 0.1) is 13.8 Å². The van der Waals surface area contributed by atoms with Crippen molar-refractivity contribution >= 4 is 30.0 Å². The van der Waals surface area contributed by atoms with Crippen LogP contribution < -0.4 is 16.4 Å². The molecule has 0 radical (unpaired) electrons. The van der Waals surface area contributed by atoms with E-state index >= 15 is 0 Å². The maximum atomic E-state index is 12.2. The molecule has 2 aromatic carbocycles. The molecular weight excluding hydrogens is 376 g/mol. The highest BCUT2D eigenvalue weighted by Crippen LogP contribution is 2.26. The van der Waals surface area contributed by atoms with Crippen LogP contribution in [0.5, 0.6) is 0 Å². The predicted octanol–water partition coefficient (Wildman–Crippen LogP) is 2.80. The van der Waals surface area contributed by atoms with Crippen LogP contribution in [0.1, 0.15) is 22.6 Å². The lowest BCUT2D eigenvalue weighted by Crippen LogP contribution is -2.41. The second-order valence-electron chi connectivity index (χ2n) is 7.12. The quantitative estimate of drug-likeness (QED) is 0.733. The molecule has 3 rings (SSSR count). The fourth-order valence-electron chi connectivity index (χ4n) is 3.50. The zero-order valence-corrected chi connectivity index (χ0v) is 17.0. The third-order valence-corrected chi connectivity index (χ3v) is 5.14. The first-order chi connectivity index (χ1) is 12.9. The van der Waals surface area contributed by atoms with Crippen molar-refractivity contribution in [1.82, 2.24) is 10.2 Å². The van der Waals surface area contributed by atoms with Crippen LogP contribution in [0.2, 0.25) is 0 Å². The summed E-state index contributed by atoms with van der Waals surface area (Å²) >= 11 is 0. The molecule has 150 valence electrons. The Morgan fingerprint density at radius 2 is 1.79 bits per heavy atom. The van der Waals surface area contributed by atoms with Crippen LogP contribution in [0.4, 0.5) is 10.5 Å². The van der Waals surface area contributed by atoms with E-state index in [-0.39, 0.29) is 36.8 Å². The number of nitrogens with two attached hydrogens (primary N) is 1. The van der Waals surface area contributed by atoms with E-state index in [2.05, 4.69) is 22.8 Å². The summed E-state index contributed by atoms with van der Waals surface area (Å²) in [5.74, 6) is -0.138. The number of nitrogens with one attached hydrogen (secondary N) is 2. The minimum atomic E-state index is -0.517. The van der Waals surface area contributed by atoms with Gasteiger partial charge in [-0.15, -0.1) is 12.4 Å². The molecule has 0 aromatic heterocycles. The summed E-state index contributed by atoms with van der Waals surface area (Å²) in [7, 11) is 0. The number of rotatable bonds is 4. The van der Waals surface area contributed by atoms with E-state index in [0.717, 1.165) is 11.1 Å². The van der Waals surface area contributed by atoms with Gasteiger partial charge in [0.25, 0.3) is 0 Å². The molecule has 1 heterocycles. The van der Waals surface area contributed by atoms with E-state index in [4.69, 9.17) is 5.73 Å². The van der Waals surface area contributed by atoms with E-state index in [1.807, 2.05) is 55.1 Å². The number of benzene rings is 2. The summed E-state index contributed by atoms with van der Waals surface area (Å²) in [5, 5.41) is 5.14. The minimum Gasteiger partial charge on any atom is -0.326 e. The zero-order valence-electron chi connectivity index (χ0n) is 16.1. The molecule has 6 nitrogen and oxygen atoms in total. The molecule has 0 saturated carbocycles. The molecule has 3 amide bonds. The third-order valence-electron chi connectivity index (χ3n) is 5.14. The van der Waals surface area contributed by atoms with Crippen molar-refractivity contribution in [3.63, 3.8) is 0 Å². The monoisotopic (exact) mass is 402 g/mol. The minimum absolute atomic E-state index is 0. The van der Waals surface area contributed by atoms with E-state index in [0.29, 0.717) is 18.8 Å². The van der Waals surface area contributed by atoms with E-state index in [1.54, 1.807) is 0 Å². The van der Waals surface area contributed by atoms with Gasteiger partial charge in [0.2, 0.25) is 5.91 Å². The Hall–Kier alpha value is -2.41. The first kappa shape index (κ1) is 21.9. The number of imide groups is 1. The van der Waals surface area contributed by atoms with Gasteiger partial charge in [0.15, 0.2) is 0 Å². The molecule has 2 aromatic rings. The van der Waals surface area contributed by atoms with Gasteiger partial charge >= 0.3 is 6.03 Å². The van der Waals surface area contributed by atoms with Crippen molar-refractivity contribution in [1.29, 1.82) is 0 Å². The van der Waals surface area contributed by atoms with Crippen molar-refractivity contribution in [3.05, 3.63) is 65.2 Å². The Bertz CT molecular complexity index is 828. The number of hydrogen-bond donors (Lipinski definition) is 3. The number of anilines is 1. The number of nitrogens with zero attached hydrogens (tertiary/aromatic N) is 1. The second kappa shape index (κ2) is 9.68. The highest BCUT2D eigenvalue weighted by molar-refractivity contribution is 6.02. The van der Waals surface area contributed by atoms with Crippen LogP contribution >= 0.6 is 12.4 Å². The highest BCUT2D eigenvalue weighted by Gasteiger charge is 2.32. The molecule has 1 aliphatic heterocycles. The zero-order chi connectivity index (χ0) is 19.4. The first-order valence-electron chi connectivity index (χ1n) is 9.14. The summed E-state index contributed by atoms with van der Waals surface area (Å²) in [6, 6.07) is 15.2. The van der Waals surface area contributed by atoms with E-state index in [1.165, 1.54) is 5.56 Å². The van der Waals surface area contributed by atoms with E-state index in [9.17, 15) is 9.59 Å². The second-order valence-corrected chi connectivity index (χ2v) is 7.12. The van der Waals surface area contributed by atoms with Gasteiger partial charge in [-0.1, -0.05) is 42.5 Å². The van der Waals surface area contributed by atoms with Crippen molar-refractivity contribution in [3.8, 4) is 0 Å². The van der Waals surface area contributed by atoms with Crippen molar-refractivity contribution in [2.45, 2.75) is 25.8 Å². The number of likely N-dealkylation sites (tertiary alicyclic amines) is 1. The number of carbonyl (C=O) groups is 2. The molecule has 0 aliphatic carbocycles. The Morgan fingerprint density at radius 3 is 2.50 bits per heavy atom. The molecular formula is C21H27ClN4O2. The average Bonchev–Trinajstić information content (AvgIpc) is 2.99. The fourth-order valence-corrected chi connectivity index (χ4v) is 3.50. The summed E-state index contributed by atoms with van der Waals surface area (Å²) < 4.78 is 0. The molecule has 28 heavy (non-hydrogen) atoms. The normalized spacial score (nSPS) is 19.0. The van der Waals surface area contributed by atoms with Gasteiger partial charge < -0.3 is 11.1 Å². The number of aryl methyl sites for hydroxylation is 1. The number of carbonyl (C=O) groups excluding carboxylic acids is 2. The van der Waals surface area contributed by atoms with Gasteiger partial charge in [-0.25, -0.2) is 4.79 Å². The molecule has 7 heteroatoms. The van der Waals surface area contributed by atoms with Crippen molar-refractivity contribution < 1.29 is 9.59 Å². The fraction of sp³-hybridized carbons (Fsp3) is 0.333. The lowest BCUT2D eigenvalue weighted by Gasteiger charge is -2.16. The summed E-state index contributed by atoms with van der Waals surface area (Å²) in [6.07, 6.45) is 0. The van der Waals surface area contributed by atoms with Crippen LogP contribution in [0.3, 0.4) is 0 Å². The topological polar surface area (TPSA) is 87.5 Å². The lowest BCUT2D eigenvalue weighted by molar-refractivity contribution is -0.120. The van der Waals surface area contributed by atoms with E-state index < -0.39 is 6.03 Å². The predicted molar refractivity (Wildman–Crippen MR) is 114 cm³/mol. The number of urea groups is 1. The summed E-state index contributed by atoms with van der Waals surface area (Å²) in [6.45, 7) is 5.39. The Balaban J connectivity index is 0.00000280. The SMILES string of the molecule is Cc1cccc(NC(=O)NC(=O)CN2C[C@@H](N)[C@H](c3ccccc3)C2)c1C.Cl. The highest BCUT2D eigenvalue weighted by atomic mass is 35.5. The van der Waals surface area contributed by atoms with Gasteiger partial charge in [0.05, 0.1) is 6.54 Å². The molecule has 2 atom stereocenters. The van der Waals surface area contributed by atoms with Gasteiger partial charge in [-0.2, -0.15) is 0 Å². The van der Waals surface area contributed by atoms with Crippen LogP contribution in [-0.2, 0) is 4.79 Å². The molecule has 1 aliphatic rings. The average molecular weight is 403 g/mol. The number of halogens is 1. The van der Waals surface area contributed by atoms with Crippen molar-refractivity contribution in [2.75, 3.05) is 25.0 Å². The number of amides is 3. The van der Waals surface area contributed by atoms with Gasteiger partial charge in [-0.3, -0.25) is 15.0 Å². The van der Waals surface area contributed by atoms with Gasteiger partial charge in [-0.05, 0) is 36.6 Å². The van der Waals surface area contributed by atoms with Crippen LogP contribution in [-0.4, -0.2) is 42.5 Å². The van der Waals surface area contributed by atoms with Crippen LogP contribution in [0.15, 0.2) is 48.5 Å². The summed E-state index contributed by atoms with van der Waals surface area (Å²) in [5.41, 5.74) is 10.2. The molecule has 0 spiro atoms. The van der Waals surface area contributed by atoms with Gasteiger partial charge in [0.1, 0.15) is 0 Å². The molecule has 1 fully saturated rings. The Morgan fingerprint density at radius 1 is 1.07 bits per heavy atom.